The SMILES string of the molecule is CCOc1ccc(N(CC(=O)NC(C)c2ccc(N3CCCCC3)cc2)S(=O)(=O)c2ccc(OC)c(OC)c2)cc1. The summed E-state index contributed by atoms with van der Waals surface area (Å²) in [6.45, 7) is 5.93. The van der Waals surface area contributed by atoms with Crippen LogP contribution in [0.2, 0.25) is 0 Å². The Labute approximate surface area is 243 Å². The van der Waals surface area contributed by atoms with Gasteiger partial charge >= 0.3 is 0 Å². The summed E-state index contributed by atoms with van der Waals surface area (Å²) in [5.74, 6) is 0.838. The molecule has 1 atom stereocenters. The molecule has 1 aliphatic heterocycles. The average molecular weight is 582 g/mol. The van der Waals surface area contributed by atoms with E-state index in [1.165, 1.54) is 57.4 Å². The minimum absolute atomic E-state index is 0.0295. The number of sulfonamides is 1. The van der Waals surface area contributed by atoms with Gasteiger partial charge in [-0.05, 0) is 87.2 Å². The van der Waals surface area contributed by atoms with Crippen molar-refractivity contribution in [3.8, 4) is 17.2 Å². The van der Waals surface area contributed by atoms with Gasteiger partial charge in [0.15, 0.2) is 11.5 Å². The first-order chi connectivity index (χ1) is 19.8. The number of ether oxygens (including phenoxy) is 3. The Morgan fingerprint density at radius 3 is 2.20 bits per heavy atom. The molecular formula is C31H39N3O6S. The van der Waals surface area contributed by atoms with E-state index >= 15 is 0 Å². The van der Waals surface area contributed by atoms with Gasteiger partial charge in [0.05, 0.1) is 37.5 Å². The third-order valence-electron chi connectivity index (χ3n) is 7.16. The highest BCUT2D eigenvalue weighted by molar-refractivity contribution is 7.92. The molecule has 220 valence electrons. The van der Waals surface area contributed by atoms with Crippen molar-refractivity contribution in [2.75, 3.05) is 49.7 Å². The van der Waals surface area contributed by atoms with Crippen molar-refractivity contribution >= 4 is 27.3 Å². The van der Waals surface area contributed by atoms with Crippen LogP contribution in [-0.4, -0.2) is 54.8 Å². The van der Waals surface area contributed by atoms with Crippen LogP contribution in [0, 0.1) is 0 Å². The summed E-state index contributed by atoms with van der Waals surface area (Å²) in [5.41, 5.74) is 2.45. The number of hydrogen-bond donors (Lipinski definition) is 1. The summed E-state index contributed by atoms with van der Waals surface area (Å²) in [5, 5.41) is 2.96. The lowest BCUT2D eigenvalue weighted by atomic mass is 10.1. The van der Waals surface area contributed by atoms with Crippen LogP contribution >= 0.6 is 0 Å². The normalized spacial score (nSPS) is 14.2. The summed E-state index contributed by atoms with van der Waals surface area (Å²) in [4.78, 5) is 15.7. The lowest BCUT2D eigenvalue weighted by Crippen LogP contribution is -2.41. The van der Waals surface area contributed by atoms with E-state index < -0.39 is 22.5 Å². The fourth-order valence-corrected chi connectivity index (χ4v) is 6.36. The Bertz CT molecular complexity index is 1400. The zero-order valence-electron chi connectivity index (χ0n) is 24.1. The van der Waals surface area contributed by atoms with Gasteiger partial charge in [0.1, 0.15) is 12.3 Å². The Hall–Kier alpha value is -3.92. The van der Waals surface area contributed by atoms with Gasteiger partial charge < -0.3 is 24.4 Å². The van der Waals surface area contributed by atoms with Crippen LogP contribution in [0.1, 0.15) is 44.7 Å². The van der Waals surface area contributed by atoms with Crippen LogP contribution < -0.4 is 28.7 Å². The van der Waals surface area contributed by atoms with Crippen molar-refractivity contribution in [1.29, 1.82) is 0 Å². The highest BCUT2D eigenvalue weighted by atomic mass is 32.2. The number of amides is 1. The lowest BCUT2D eigenvalue weighted by Gasteiger charge is -2.29. The molecule has 1 fully saturated rings. The van der Waals surface area contributed by atoms with E-state index in [1.807, 2.05) is 26.0 Å². The third kappa shape index (κ3) is 7.24. The molecule has 1 amide bonds. The molecule has 1 aliphatic rings. The first kappa shape index (κ1) is 30.0. The van der Waals surface area contributed by atoms with Gasteiger partial charge in [0.25, 0.3) is 10.0 Å². The number of piperidine rings is 1. The van der Waals surface area contributed by atoms with Crippen LogP contribution in [0.4, 0.5) is 11.4 Å². The second kappa shape index (κ2) is 13.6. The maximum absolute atomic E-state index is 13.9. The number of nitrogens with zero attached hydrogens (tertiary/aromatic N) is 2. The Balaban J connectivity index is 1.56. The lowest BCUT2D eigenvalue weighted by molar-refractivity contribution is -0.120. The molecule has 10 heteroatoms. The molecule has 0 spiro atoms. The Kier molecular flexibility index (Phi) is 9.99. The molecule has 0 saturated carbocycles. The Morgan fingerprint density at radius 1 is 0.927 bits per heavy atom. The van der Waals surface area contributed by atoms with E-state index in [0.717, 1.165) is 23.0 Å². The number of rotatable bonds is 12. The van der Waals surface area contributed by atoms with E-state index in [1.54, 1.807) is 24.3 Å². The second-order valence-corrected chi connectivity index (χ2v) is 11.7. The summed E-state index contributed by atoms with van der Waals surface area (Å²) in [6.07, 6.45) is 3.67. The van der Waals surface area contributed by atoms with Gasteiger partial charge in [-0.3, -0.25) is 9.10 Å². The Morgan fingerprint density at radius 2 is 1.59 bits per heavy atom. The molecule has 3 aromatic rings. The molecule has 3 aromatic carbocycles. The van der Waals surface area contributed by atoms with Gasteiger partial charge in [-0.2, -0.15) is 0 Å². The number of methoxy groups -OCH3 is 2. The summed E-state index contributed by atoms with van der Waals surface area (Å²) in [7, 11) is -1.25. The molecule has 1 N–H and O–H groups in total. The standard InChI is InChI=1S/C31H39N3O6S/c1-5-40-27-15-13-26(14-16-27)34(41(36,37)28-17-18-29(38-3)30(21-28)39-4)22-31(35)32-23(2)24-9-11-25(12-10-24)33-19-7-6-8-20-33/h9-18,21,23H,5-8,19-20,22H2,1-4H3,(H,32,35). The van der Waals surface area contributed by atoms with E-state index in [0.29, 0.717) is 23.8 Å². The first-order valence-corrected chi connectivity index (χ1v) is 15.3. The largest absolute Gasteiger partial charge is 0.494 e. The molecule has 0 aromatic heterocycles. The predicted molar refractivity (Wildman–Crippen MR) is 161 cm³/mol. The molecular weight excluding hydrogens is 542 g/mol. The number of benzene rings is 3. The molecule has 0 radical (unpaired) electrons. The van der Waals surface area contributed by atoms with Crippen molar-refractivity contribution < 1.29 is 27.4 Å². The van der Waals surface area contributed by atoms with Crippen LogP contribution in [0.5, 0.6) is 17.2 Å². The zero-order chi connectivity index (χ0) is 29.4. The highest BCUT2D eigenvalue weighted by Gasteiger charge is 2.29. The van der Waals surface area contributed by atoms with Crippen molar-refractivity contribution in [3.63, 3.8) is 0 Å². The van der Waals surface area contributed by atoms with Crippen molar-refractivity contribution in [1.82, 2.24) is 5.32 Å². The van der Waals surface area contributed by atoms with Gasteiger partial charge in [0, 0.05) is 24.8 Å². The number of hydrogen-bond acceptors (Lipinski definition) is 7. The fraction of sp³-hybridized carbons (Fsp3) is 0.387. The summed E-state index contributed by atoms with van der Waals surface area (Å²) < 4.78 is 45.0. The molecule has 0 aliphatic carbocycles. The van der Waals surface area contributed by atoms with Gasteiger partial charge in [0.2, 0.25) is 5.91 Å². The first-order valence-electron chi connectivity index (χ1n) is 13.9. The second-order valence-electron chi connectivity index (χ2n) is 9.88. The molecule has 1 saturated heterocycles. The molecule has 1 heterocycles. The molecule has 9 nitrogen and oxygen atoms in total. The van der Waals surface area contributed by atoms with Crippen molar-refractivity contribution in [2.45, 2.75) is 44.0 Å². The highest BCUT2D eigenvalue weighted by Crippen LogP contribution is 2.33. The quantitative estimate of drug-likeness (QED) is 0.315. The van der Waals surface area contributed by atoms with Crippen molar-refractivity contribution in [2.24, 2.45) is 0 Å². The molecule has 0 bridgehead atoms. The number of carbonyl (C=O) groups excluding carboxylic acids is 1. The average Bonchev–Trinajstić information content (AvgIpc) is 3.00. The van der Waals surface area contributed by atoms with E-state index in [9.17, 15) is 13.2 Å². The number of anilines is 2. The summed E-state index contributed by atoms with van der Waals surface area (Å²) in [6, 6.07) is 18.8. The van der Waals surface area contributed by atoms with Crippen LogP contribution in [0.25, 0.3) is 0 Å². The predicted octanol–water partition coefficient (Wildman–Crippen LogP) is 5.17. The van der Waals surface area contributed by atoms with Gasteiger partial charge in [-0.1, -0.05) is 12.1 Å². The minimum atomic E-state index is -4.16. The van der Waals surface area contributed by atoms with Crippen molar-refractivity contribution in [3.05, 3.63) is 72.3 Å². The fourth-order valence-electron chi connectivity index (χ4n) is 4.92. The maximum Gasteiger partial charge on any atom is 0.264 e. The van der Waals surface area contributed by atoms with Crippen LogP contribution in [0.3, 0.4) is 0 Å². The van der Waals surface area contributed by atoms with E-state index in [-0.39, 0.29) is 16.7 Å². The molecule has 4 rings (SSSR count). The monoisotopic (exact) mass is 581 g/mol. The smallest absolute Gasteiger partial charge is 0.264 e. The number of carbonyl (C=O) groups is 1. The minimum Gasteiger partial charge on any atom is -0.494 e. The van der Waals surface area contributed by atoms with Gasteiger partial charge in [-0.25, -0.2) is 8.42 Å². The molecule has 1 unspecified atom stereocenters. The topological polar surface area (TPSA) is 97.4 Å². The van der Waals surface area contributed by atoms with Crippen LogP contribution in [0.15, 0.2) is 71.6 Å². The zero-order valence-corrected chi connectivity index (χ0v) is 24.9. The summed E-state index contributed by atoms with van der Waals surface area (Å²) >= 11 is 0. The number of nitrogens with one attached hydrogen (secondary N) is 1. The van der Waals surface area contributed by atoms with Crippen LogP contribution in [-0.2, 0) is 14.8 Å². The van der Waals surface area contributed by atoms with Gasteiger partial charge in [-0.15, -0.1) is 0 Å². The van der Waals surface area contributed by atoms with E-state index in [4.69, 9.17) is 14.2 Å². The molecule has 41 heavy (non-hydrogen) atoms. The van der Waals surface area contributed by atoms with E-state index in [2.05, 4.69) is 22.3 Å². The third-order valence-corrected chi connectivity index (χ3v) is 8.93. The maximum atomic E-state index is 13.9.